The molecule has 3 aromatic rings. The van der Waals surface area contributed by atoms with Crippen molar-refractivity contribution in [3.63, 3.8) is 0 Å². The zero-order valence-electron chi connectivity index (χ0n) is 13.4. The molecule has 24 heavy (non-hydrogen) atoms. The fraction of sp³-hybridized carbons (Fsp3) is 0.222. The molecular weight excluding hydrogens is 309 g/mol. The summed E-state index contributed by atoms with van der Waals surface area (Å²) in [6.45, 7) is 3.48. The van der Waals surface area contributed by atoms with Crippen LogP contribution in [0.25, 0.3) is 10.9 Å². The molecule has 3 rings (SSSR count). The normalized spacial score (nSPS) is 13.7. The van der Waals surface area contributed by atoms with Crippen LogP contribution in [0.3, 0.4) is 0 Å². The van der Waals surface area contributed by atoms with Crippen LogP contribution in [-0.4, -0.2) is 27.8 Å². The van der Waals surface area contributed by atoms with E-state index in [1.165, 1.54) is 24.3 Å². The van der Waals surface area contributed by atoms with Gasteiger partial charge >= 0.3 is 0 Å². The number of benzene rings is 2. The molecule has 0 bridgehead atoms. The van der Waals surface area contributed by atoms with Crippen molar-refractivity contribution >= 4 is 16.8 Å². The molecule has 3 N–H and O–H groups in total. The maximum absolute atomic E-state index is 13.0. The van der Waals surface area contributed by atoms with E-state index in [4.69, 9.17) is 0 Å². The van der Waals surface area contributed by atoms with Gasteiger partial charge in [-0.3, -0.25) is 9.89 Å². The Hall–Kier alpha value is -2.73. The van der Waals surface area contributed by atoms with Gasteiger partial charge in [-0.15, -0.1) is 0 Å². The minimum atomic E-state index is -1.31. The molecule has 0 radical (unpaired) electrons. The molecule has 6 heteroatoms. The van der Waals surface area contributed by atoms with Gasteiger partial charge in [-0.2, -0.15) is 5.10 Å². The topological polar surface area (TPSA) is 78.0 Å². The first-order chi connectivity index (χ1) is 11.4. The number of aromatic nitrogens is 2. The zero-order valence-corrected chi connectivity index (χ0v) is 13.4. The number of aryl methyl sites for hydroxylation is 1. The van der Waals surface area contributed by atoms with Gasteiger partial charge in [0.1, 0.15) is 11.4 Å². The van der Waals surface area contributed by atoms with Gasteiger partial charge in [-0.1, -0.05) is 23.8 Å². The van der Waals surface area contributed by atoms with Crippen LogP contribution in [-0.2, 0) is 5.60 Å². The van der Waals surface area contributed by atoms with Crippen molar-refractivity contribution in [2.45, 2.75) is 19.4 Å². The van der Waals surface area contributed by atoms with Gasteiger partial charge in [0.05, 0.1) is 12.1 Å². The van der Waals surface area contributed by atoms with Crippen molar-refractivity contribution in [2.75, 3.05) is 6.54 Å². The molecule has 0 saturated carbocycles. The first-order valence-corrected chi connectivity index (χ1v) is 7.58. The van der Waals surface area contributed by atoms with E-state index in [1.54, 1.807) is 6.92 Å². The zero-order chi connectivity index (χ0) is 17.3. The molecule has 1 amide bonds. The Labute approximate surface area is 138 Å². The lowest BCUT2D eigenvalue weighted by atomic mass is 9.96. The van der Waals surface area contributed by atoms with Crippen LogP contribution in [0.15, 0.2) is 42.5 Å². The van der Waals surface area contributed by atoms with E-state index in [-0.39, 0.29) is 24.0 Å². The van der Waals surface area contributed by atoms with E-state index in [0.717, 1.165) is 16.5 Å². The summed E-state index contributed by atoms with van der Waals surface area (Å²) in [4.78, 5) is 12.4. The summed E-state index contributed by atoms with van der Waals surface area (Å²) in [6.07, 6.45) is 0. The number of nitrogens with one attached hydrogen (secondary N) is 2. The van der Waals surface area contributed by atoms with Gasteiger partial charge in [0, 0.05) is 5.39 Å². The third kappa shape index (κ3) is 3.14. The van der Waals surface area contributed by atoms with E-state index in [0.29, 0.717) is 5.56 Å². The molecule has 0 saturated heterocycles. The predicted octanol–water partition coefficient (Wildman–Crippen LogP) is 2.65. The van der Waals surface area contributed by atoms with Crippen LogP contribution in [0.5, 0.6) is 0 Å². The molecule has 1 heterocycles. The fourth-order valence-electron chi connectivity index (χ4n) is 2.55. The van der Waals surface area contributed by atoms with Crippen molar-refractivity contribution < 1.29 is 14.3 Å². The lowest BCUT2D eigenvalue weighted by Crippen LogP contribution is -2.38. The minimum absolute atomic E-state index is 0.0162. The predicted molar refractivity (Wildman–Crippen MR) is 89.1 cm³/mol. The number of amides is 1. The summed E-state index contributed by atoms with van der Waals surface area (Å²) in [5, 5.41) is 20.8. The Morgan fingerprint density at radius 2 is 2.00 bits per heavy atom. The van der Waals surface area contributed by atoms with Crippen LogP contribution in [0.4, 0.5) is 4.39 Å². The standard InChI is InChI=1S/C18H18FN3O2/c1-11-3-8-15-14(9-11)16(22-21-15)17(23)20-10-18(2,24)12-4-6-13(19)7-5-12/h3-9,24H,10H2,1-2H3,(H,20,23)(H,21,22). The SMILES string of the molecule is Cc1ccc2[nH]nc(C(=O)NCC(C)(O)c3ccc(F)cc3)c2c1. The van der Waals surface area contributed by atoms with E-state index >= 15 is 0 Å². The number of carbonyl (C=O) groups is 1. The Balaban J connectivity index is 1.76. The molecule has 2 aromatic carbocycles. The second-order valence-corrected chi connectivity index (χ2v) is 6.08. The molecule has 124 valence electrons. The van der Waals surface area contributed by atoms with Crippen LogP contribution in [0, 0.1) is 12.7 Å². The summed E-state index contributed by atoms with van der Waals surface area (Å²) in [5.41, 5.74) is 1.29. The molecule has 0 aliphatic carbocycles. The number of hydrogen-bond donors (Lipinski definition) is 3. The second-order valence-electron chi connectivity index (χ2n) is 6.08. The quantitative estimate of drug-likeness (QED) is 0.689. The number of aromatic amines is 1. The van der Waals surface area contributed by atoms with Gasteiger partial charge in [0.2, 0.25) is 0 Å². The van der Waals surface area contributed by atoms with Crippen LogP contribution < -0.4 is 5.32 Å². The Kier molecular flexibility index (Phi) is 4.07. The van der Waals surface area contributed by atoms with Crippen LogP contribution >= 0.6 is 0 Å². The molecule has 0 spiro atoms. The van der Waals surface area contributed by atoms with Crippen molar-refractivity contribution in [3.05, 3.63) is 65.1 Å². The smallest absolute Gasteiger partial charge is 0.272 e. The van der Waals surface area contributed by atoms with E-state index in [9.17, 15) is 14.3 Å². The average molecular weight is 327 g/mol. The lowest BCUT2D eigenvalue weighted by molar-refractivity contribution is 0.0525. The Morgan fingerprint density at radius 1 is 1.29 bits per heavy atom. The van der Waals surface area contributed by atoms with Crippen molar-refractivity contribution in [3.8, 4) is 0 Å². The van der Waals surface area contributed by atoms with E-state index < -0.39 is 5.60 Å². The fourth-order valence-corrected chi connectivity index (χ4v) is 2.55. The number of hydrogen-bond acceptors (Lipinski definition) is 3. The first kappa shape index (κ1) is 16.1. The molecule has 1 atom stereocenters. The number of halogens is 1. The maximum atomic E-state index is 13.0. The number of fused-ring (bicyclic) bond motifs is 1. The van der Waals surface area contributed by atoms with Crippen molar-refractivity contribution in [1.29, 1.82) is 0 Å². The van der Waals surface area contributed by atoms with E-state index in [2.05, 4.69) is 15.5 Å². The number of carbonyl (C=O) groups excluding carboxylic acids is 1. The summed E-state index contributed by atoms with van der Waals surface area (Å²) in [6, 6.07) is 11.2. The Bertz CT molecular complexity index is 885. The summed E-state index contributed by atoms with van der Waals surface area (Å²) in [7, 11) is 0. The first-order valence-electron chi connectivity index (χ1n) is 7.58. The molecule has 0 aliphatic heterocycles. The number of nitrogens with zero attached hydrogens (tertiary/aromatic N) is 1. The second kappa shape index (κ2) is 6.05. The monoisotopic (exact) mass is 327 g/mol. The molecular formula is C18H18FN3O2. The van der Waals surface area contributed by atoms with Gasteiger partial charge in [-0.05, 0) is 43.7 Å². The van der Waals surface area contributed by atoms with E-state index in [1.807, 2.05) is 25.1 Å². The Morgan fingerprint density at radius 3 is 2.71 bits per heavy atom. The average Bonchev–Trinajstić information content (AvgIpc) is 2.96. The third-order valence-corrected chi connectivity index (χ3v) is 3.99. The van der Waals surface area contributed by atoms with Crippen LogP contribution in [0.2, 0.25) is 0 Å². The molecule has 1 unspecified atom stereocenters. The van der Waals surface area contributed by atoms with Gasteiger partial charge in [0.25, 0.3) is 5.91 Å². The number of H-pyrrole nitrogens is 1. The van der Waals surface area contributed by atoms with Crippen molar-refractivity contribution in [2.24, 2.45) is 0 Å². The highest BCUT2D eigenvalue weighted by Crippen LogP contribution is 2.21. The maximum Gasteiger partial charge on any atom is 0.272 e. The van der Waals surface area contributed by atoms with Crippen LogP contribution in [0.1, 0.15) is 28.5 Å². The highest BCUT2D eigenvalue weighted by atomic mass is 19.1. The summed E-state index contributed by atoms with van der Waals surface area (Å²) >= 11 is 0. The third-order valence-electron chi connectivity index (χ3n) is 3.99. The summed E-state index contributed by atoms with van der Waals surface area (Å²) < 4.78 is 13.0. The van der Waals surface area contributed by atoms with Gasteiger partial charge in [-0.25, -0.2) is 4.39 Å². The molecule has 0 fully saturated rings. The minimum Gasteiger partial charge on any atom is -0.384 e. The highest BCUT2D eigenvalue weighted by molar-refractivity contribution is 6.04. The molecule has 5 nitrogen and oxygen atoms in total. The summed E-state index contributed by atoms with van der Waals surface area (Å²) in [5.74, 6) is -0.758. The number of aliphatic hydroxyl groups is 1. The van der Waals surface area contributed by atoms with Gasteiger partial charge < -0.3 is 10.4 Å². The largest absolute Gasteiger partial charge is 0.384 e. The molecule has 0 aliphatic rings. The highest BCUT2D eigenvalue weighted by Gasteiger charge is 2.25. The number of rotatable bonds is 4. The van der Waals surface area contributed by atoms with Gasteiger partial charge in [0.15, 0.2) is 5.69 Å². The lowest BCUT2D eigenvalue weighted by Gasteiger charge is -2.24. The van der Waals surface area contributed by atoms with Crippen molar-refractivity contribution in [1.82, 2.24) is 15.5 Å². The molecule has 1 aromatic heterocycles.